The highest BCUT2D eigenvalue weighted by molar-refractivity contribution is 9.10. The zero-order chi connectivity index (χ0) is 13.5. The fraction of sp³-hybridized carbons (Fsp3) is 0.538. The van der Waals surface area contributed by atoms with E-state index in [2.05, 4.69) is 40.2 Å². The van der Waals surface area contributed by atoms with Gasteiger partial charge in [-0.3, -0.25) is 4.90 Å². The quantitative estimate of drug-likeness (QED) is 0.833. The molecule has 0 aliphatic rings. The lowest BCUT2D eigenvalue weighted by Gasteiger charge is -2.28. The summed E-state index contributed by atoms with van der Waals surface area (Å²) in [6.07, 6.45) is 2.12. The Morgan fingerprint density at radius 2 is 2.22 bits per heavy atom. The second-order valence-corrected chi connectivity index (χ2v) is 5.95. The van der Waals surface area contributed by atoms with Gasteiger partial charge in [-0.05, 0) is 37.1 Å². The van der Waals surface area contributed by atoms with Crippen molar-refractivity contribution < 1.29 is 4.74 Å². The highest BCUT2D eigenvalue weighted by Crippen LogP contribution is 2.30. The molecule has 3 nitrogen and oxygen atoms in total. The molecule has 0 aliphatic carbocycles. The minimum atomic E-state index is 0.210. The van der Waals surface area contributed by atoms with E-state index in [4.69, 9.17) is 10.5 Å². The van der Waals surface area contributed by atoms with Crippen molar-refractivity contribution in [3.8, 4) is 5.75 Å². The Morgan fingerprint density at radius 3 is 2.78 bits per heavy atom. The van der Waals surface area contributed by atoms with Crippen LogP contribution in [-0.4, -0.2) is 44.2 Å². The Balaban J connectivity index is 2.92. The van der Waals surface area contributed by atoms with Crippen LogP contribution in [0.5, 0.6) is 5.75 Å². The van der Waals surface area contributed by atoms with Crippen LogP contribution in [0.2, 0.25) is 0 Å². The average Bonchev–Trinajstić information content (AvgIpc) is 2.39. The van der Waals surface area contributed by atoms with Gasteiger partial charge >= 0.3 is 0 Å². The monoisotopic (exact) mass is 332 g/mol. The van der Waals surface area contributed by atoms with Crippen LogP contribution in [0.1, 0.15) is 11.6 Å². The van der Waals surface area contributed by atoms with Crippen LogP contribution in [-0.2, 0) is 0 Å². The summed E-state index contributed by atoms with van der Waals surface area (Å²) in [4.78, 5) is 2.29. The van der Waals surface area contributed by atoms with Crippen LogP contribution in [0.4, 0.5) is 0 Å². The number of hydrogen-bond acceptors (Lipinski definition) is 4. The molecular formula is C13H21BrN2OS. The van der Waals surface area contributed by atoms with Gasteiger partial charge < -0.3 is 10.5 Å². The molecule has 0 fully saturated rings. The van der Waals surface area contributed by atoms with E-state index in [1.54, 1.807) is 7.11 Å². The van der Waals surface area contributed by atoms with Crippen molar-refractivity contribution in [2.24, 2.45) is 5.73 Å². The molecule has 0 aliphatic heterocycles. The first-order chi connectivity index (χ1) is 8.63. The molecule has 0 radical (unpaired) electrons. The summed E-state index contributed by atoms with van der Waals surface area (Å²) in [6, 6.07) is 6.22. The van der Waals surface area contributed by atoms with E-state index in [1.165, 1.54) is 5.56 Å². The SMILES string of the molecule is COc1ccc(Br)c(C(CN)N(C)CCSC)c1. The van der Waals surface area contributed by atoms with Crippen LogP contribution in [0.3, 0.4) is 0 Å². The van der Waals surface area contributed by atoms with Crippen molar-refractivity contribution in [1.82, 2.24) is 4.90 Å². The Labute approximate surface area is 122 Å². The van der Waals surface area contributed by atoms with E-state index in [0.29, 0.717) is 6.54 Å². The van der Waals surface area contributed by atoms with Gasteiger partial charge in [0.2, 0.25) is 0 Å². The number of thioether (sulfide) groups is 1. The summed E-state index contributed by atoms with van der Waals surface area (Å²) < 4.78 is 6.36. The largest absolute Gasteiger partial charge is 0.497 e. The van der Waals surface area contributed by atoms with Crippen molar-refractivity contribution in [2.45, 2.75) is 6.04 Å². The molecule has 5 heteroatoms. The van der Waals surface area contributed by atoms with Gasteiger partial charge in [0.25, 0.3) is 0 Å². The third-order valence-electron chi connectivity index (χ3n) is 2.97. The summed E-state index contributed by atoms with van der Waals surface area (Å²) >= 11 is 5.44. The van der Waals surface area contributed by atoms with Crippen LogP contribution in [0.15, 0.2) is 22.7 Å². The van der Waals surface area contributed by atoms with E-state index in [0.717, 1.165) is 22.5 Å². The zero-order valence-corrected chi connectivity index (χ0v) is 13.6. The summed E-state index contributed by atoms with van der Waals surface area (Å²) in [6.45, 7) is 1.61. The van der Waals surface area contributed by atoms with Crippen molar-refractivity contribution >= 4 is 27.7 Å². The molecule has 102 valence electrons. The molecule has 1 rings (SSSR count). The molecular weight excluding hydrogens is 312 g/mol. The summed E-state index contributed by atoms with van der Waals surface area (Å²) in [5.74, 6) is 1.97. The molecule has 1 aromatic carbocycles. The molecule has 0 spiro atoms. The maximum Gasteiger partial charge on any atom is 0.119 e. The lowest BCUT2D eigenvalue weighted by atomic mass is 10.1. The van der Waals surface area contributed by atoms with E-state index in [-0.39, 0.29) is 6.04 Å². The van der Waals surface area contributed by atoms with Gasteiger partial charge in [0, 0.05) is 29.4 Å². The second-order valence-electron chi connectivity index (χ2n) is 4.11. The van der Waals surface area contributed by atoms with E-state index < -0.39 is 0 Å². The first-order valence-corrected chi connectivity index (χ1v) is 8.05. The van der Waals surface area contributed by atoms with Crippen molar-refractivity contribution in [3.05, 3.63) is 28.2 Å². The summed E-state index contributed by atoms with van der Waals surface area (Å²) in [7, 11) is 3.79. The molecule has 1 aromatic rings. The first kappa shape index (κ1) is 15.8. The van der Waals surface area contributed by atoms with E-state index >= 15 is 0 Å². The Kier molecular flexibility index (Phi) is 7.07. The van der Waals surface area contributed by atoms with Gasteiger partial charge in [-0.25, -0.2) is 0 Å². The van der Waals surface area contributed by atoms with Crippen molar-refractivity contribution in [3.63, 3.8) is 0 Å². The maximum atomic E-state index is 5.93. The Bertz CT molecular complexity index is 376. The molecule has 2 N–H and O–H groups in total. The molecule has 1 unspecified atom stereocenters. The predicted molar refractivity (Wildman–Crippen MR) is 83.5 cm³/mol. The van der Waals surface area contributed by atoms with E-state index in [9.17, 15) is 0 Å². The van der Waals surface area contributed by atoms with Gasteiger partial charge in [-0.15, -0.1) is 0 Å². The molecule has 0 aromatic heterocycles. The minimum absolute atomic E-state index is 0.210. The lowest BCUT2D eigenvalue weighted by Crippen LogP contribution is -2.32. The van der Waals surface area contributed by atoms with Crippen LogP contribution in [0, 0.1) is 0 Å². The number of benzene rings is 1. The van der Waals surface area contributed by atoms with Gasteiger partial charge in [-0.2, -0.15) is 11.8 Å². The molecule has 18 heavy (non-hydrogen) atoms. The standard InChI is InChI=1S/C13H21BrN2OS/c1-16(6-7-18-3)13(9-15)11-8-10(17-2)4-5-12(11)14/h4-5,8,13H,6-7,9,15H2,1-3H3. The molecule has 0 heterocycles. The summed E-state index contributed by atoms with van der Waals surface area (Å²) in [5.41, 5.74) is 7.11. The van der Waals surface area contributed by atoms with E-state index in [1.807, 2.05) is 23.9 Å². The smallest absolute Gasteiger partial charge is 0.119 e. The normalized spacial score (nSPS) is 12.8. The fourth-order valence-corrected chi connectivity index (χ4v) is 2.82. The molecule has 0 saturated heterocycles. The van der Waals surface area contributed by atoms with Crippen LogP contribution < -0.4 is 10.5 Å². The average molecular weight is 333 g/mol. The number of hydrogen-bond donors (Lipinski definition) is 1. The third-order valence-corrected chi connectivity index (χ3v) is 4.28. The predicted octanol–water partition coefficient (Wildman–Crippen LogP) is 2.75. The Hall–Kier alpha value is -0.230. The molecule has 0 saturated carbocycles. The highest BCUT2D eigenvalue weighted by Gasteiger charge is 2.18. The van der Waals surface area contributed by atoms with Gasteiger partial charge in [0.15, 0.2) is 0 Å². The van der Waals surface area contributed by atoms with Crippen molar-refractivity contribution in [2.75, 3.05) is 39.3 Å². The zero-order valence-electron chi connectivity index (χ0n) is 11.1. The van der Waals surface area contributed by atoms with Crippen molar-refractivity contribution in [1.29, 1.82) is 0 Å². The number of nitrogens with zero attached hydrogens (tertiary/aromatic N) is 1. The van der Waals surface area contributed by atoms with Gasteiger partial charge in [-0.1, -0.05) is 15.9 Å². The molecule has 1 atom stereocenters. The number of rotatable bonds is 7. The highest BCUT2D eigenvalue weighted by atomic mass is 79.9. The fourth-order valence-electron chi connectivity index (χ4n) is 1.84. The second kappa shape index (κ2) is 8.04. The van der Waals surface area contributed by atoms with Gasteiger partial charge in [0.05, 0.1) is 7.11 Å². The number of nitrogens with two attached hydrogens (primary N) is 1. The Morgan fingerprint density at radius 1 is 1.50 bits per heavy atom. The summed E-state index contributed by atoms with van der Waals surface area (Å²) in [5, 5.41) is 0. The molecule has 0 amide bonds. The minimum Gasteiger partial charge on any atom is -0.497 e. The number of halogens is 1. The molecule has 0 bridgehead atoms. The number of methoxy groups -OCH3 is 1. The number of ether oxygens (including phenoxy) is 1. The third kappa shape index (κ3) is 4.16. The van der Waals surface area contributed by atoms with Gasteiger partial charge in [0.1, 0.15) is 5.75 Å². The first-order valence-electron chi connectivity index (χ1n) is 5.86. The number of likely N-dealkylation sites (N-methyl/N-ethyl adjacent to an activating group) is 1. The topological polar surface area (TPSA) is 38.5 Å². The lowest BCUT2D eigenvalue weighted by molar-refractivity contribution is 0.264. The van der Waals surface area contributed by atoms with Crippen LogP contribution in [0.25, 0.3) is 0 Å². The maximum absolute atomic E-state index is 5.93. The van der Waals surface area contributed by atoms with Crippen LogP contribution >= 0.6 is 27.7 Å².